The molecule has 8 heteroatoms. The lowest BCUT2D eigenvalue weighted by atomic mass is 9.96. The summed E-state index contributed by atoms with van der Waals surface area (Å²) in [6, 6.07) is 6.98. The Morgan fingerprint density at radius 2 is 1.88 bits per heavy atom. The predicted molar refractivity (Wildman–Crippen MR) is 97.4 cm³/mol. The number of hydrogen-bond donors (Lipinski definition) is 0. The van der Waals surface area contributed by atoms with E-state index in [1.165, 1.54) is 11.4 Å². The third-order valence-corrected chi connectivity index (χ3v) is 6.92. The fraction of sp³-hybridized carbons (Fsp3) is 0.588. The van der Waals surface area contributed by atoms with Gasteiger partial charge in [-0.3, -0.25) is 4.79 Å². The van der Waals surface area contributed by atoms with Crippen molar-refractivity contribution in [1.29, 1.82) is 0 Å². The molecule has 2 rings (SSSR count). The molecule has 0 unspecified atom stereocenters. The molecular weight excluding hydrogens is 364 g/mol. The Hall–Kier alpha value is -1.15. The molecule has 1 saturated carbocycles. The molecular formula is C17H25ClN2O4S. The molecule has 0 atom stereocenters. The first-order valence-electron chi connectivity index (χ1n) is 8.39. The van der Waals surface area contributed by atoms with Gasteiger partial charge in [0.25, 0.3) is 10.2 Å². The Kier molecular flexibility index (Phi) is 7.25. The van der Waals surface area contributed by atoms with Gasteiger partial charge in [-0.2, -0.15) is 17.0 Å². The second-order valence-corrected chi connectivity index (χ2v) is 8.65. The Morgan fingerprint density at radius 1 is 1.24 bits per heavy atom. The summed E-state index contributed by atoms with van der Waals surface area (Å²) >= 11 is 6.17. The Balaban J connectivity index is 2.26. The maximum atomic E-state index is 13.1. The van der Waals surface area contributed by atoms with Crippen LogP contribution in [0.3, 0.4) is 0 Å². The van der Waals surface area contributed by atoms with Gasteiger partial charge in [0.1, 0.15) is 6.54 Å². The lowest BCUT2D eigenvalue weighted by Gasteiger charge is -2.34. The van der Waals surface area contributed by atoms with E-state index in [4.69, 9.17) is 11.6 Å². The van der Waals surface area contributed by atoms with Crippen molar-refractivity contribution in [2.45, 2.75) is 44.7 Å². The maximum Gasteiger partial charge on any atom is 0.321 e. The van der Waals surface area contributed by atoms with E-state index in [1.807, 2.05) is 0 Å². The maximum absolute atomic E-state index is 13.1. The molecule has 140 valence electrons. The molecule has 1 fully saturated rings. The lowest BCUT2D eigenvalue weighted by Crippen LogP contribution is -2.48. The Labute approximate surface area is 154 Å². The minimum atomic E-state index is -3.81. The number of benzene rings is 1. The summed E-state index contributed by atoms with van der Waals surface area (Å²) < 4.78 is 33.4. The molecule has 0 spiro atoms. The highest BCUT2D eigenvalue weighted by molar-refractivity contribution is 7.86. The van der Waals surface area contributed by atoms with E-state index in [0.717, 1.165) is 36.4 Å². The molecule has 1 aliphatic rings. The van der Waals surface area contributed by atoms with Crippen LogP contribution in [0, 0.1) is 0 Å². The normalized spacial score (nSPS) is 16.4. The summed E-state index contributed by atoms with van der Waals surface area (Å²) in [5.41, 5.74) is 0.647. The first-order valence-corrected chi connectivity index (χ1v) is 10.2. The summed E-state index contributed by atoms with van der Waals surface area (Å²) in [6.07, 6.45) is 4.86. The number of esters is 1. The number of methoxy groups -OCH3 is 1. The molecule has 1 aromatic rings. The zero-order valence-electron chi connectivity index (χ0n) is 14.7. The van der Waals surface area contributed by atoms with Crippen molar-refractivity contribution < 1.29 is 17.9 Å². The van der Waals surface area contributed by atoms with Gasteiger partial charge in [-0.1, -0.05) is 49.1 Å². The molecule has 0 bridgehead atoms. The molecule has 0 aromatic heterocycles. The second-order valence-electron chi connectivity index (χ2n) is 6.25. The molecule has 0 saturated heterocycles. The van der Waals surface area contributed by atoms with Crippen LogP contribution in [0.5, 0.6) is 0 Å². The minimum Gasteiger partial charge on any atom is -0.468 e. The quantitative estimate of drug-likeness (QED) is 0.673. The highest BCUT2D eigenvalue weighted by Gasteiger charge is 2.34. The topological polar surface area (TPSA) is 66.9 Å². The van der Waals surface area contributed by atoms with Gasteiger partial charge in [-0.25, -0.2) is 0 Å². The van der Waals surface area contributed by atoms with E-state index in [1.54, 1.807) is 31.3 Å². The molecule has 0 aliphatic heterocycles. The number of rotatable bonds is 7. The number of carbonyl (C=O) groups is 1. The van der Waals surface area contributed by atoms with E-state index < -0.39 is 16.2 Å². The highest BCUT2D eigenvalue weighted by Crippen LogP contribution is 2.26. The highest BCUT2D eigenvalue weighted by atomic mass is 35.5. The largest absolute Gasteiger partial charge is 0.468 e. The fourth-order valence-corrected chi connectivity index (χ4v) is 4.78. The van der Waals surface area contributed by atoms with Crippen molar-refractivity contribution in [1.82, 2.24) is 8.61 Å². The number of carbonyl (C=O) groups excluding carboxylic acids is 1. The molecule has 0 heterocycles. The Morgan fingerprint density at radius 3 is 2.48 bits per heavy atom. The van der Waals surface area contributed by atoms with E-state index in [2.05, 4.69) is 4.74 Å². The lowest BCUT2D eigenvalue weighted by molar-refractivity contribution is -0.140. The van der Waals surface area contributed by atoms with Crippen LogP contribution in [0.2, 0.25) is 5.02 Å². The summed E-state index contributed by atoms with van der Waals surface area (Å²) in [6.45, 7) is -0.324. The molecule has 0 amide bonds. The second kappa shape index (κ2) is 8.98. The van der Waals surface area contributed by atoms with Gasteiger partial charge in [0.15, 0.2) is 0 Å². The van der Waals surface area contributed by atoms with E-state index >= 15 is 0 Å². The monoisotopic (exact) mass is 388 g/mol. The number of nitrogens with zero attached hydrogens (tertiary/aromatic N) is 2. The van der Waals surface area contributed by atoms with Crippen LogP contribution in [-0.2, 0) is 26.3 Å². The van der Waals surface area contributed by atoms with Crippen LogP contribution in [-0.4, -0.2) is 49.7 Å². The fourth-order valence-electron chi connectivity index (χ4n) is 3.06. The van der Waals surface area contributed by atoms with Gasteiger partial charge >= 0.3 is 5.97 Å². The molecule has 1 aliphatic carbocycles. The third-order valence-electron chi connectivity index (χ3n) is 4.62. The van der Waals surface area contributed by atoms with E-state index in [-0.39, 0.29) is 19.1 Å². The molecule has 0 N–H and O–H groups in total. The molecule has 6 nitrogen and oxygen atoms in total. The predicted octanol–water partition coefficient (Wildman–Crippen LogP) is 2.82. The van der Waals surface area contributed by atoms with Crippen molar-refractivity contribution >= 4 is 27.8 Å². The standard InChI is InChI=1S/C17H25ClN2O4S/c1-19(15-9-4-3-5-10-15)25(22,23)20(13-17(21)24-2)12-14-8-6-7-11-16(14)18/h6-8,11,15H,3-5,9-10,12-13H2,1-2H3. The van der Waals surface area contributed by atoms with Gasteiger partial charge in [0, 0.05) is 24.7 Å². The zero-order chi connectivity index (χ0) is 18.4. The average Bonchev–Trinajstić information content (AvgIpc) is 2.62. The van der Waals surface area contributed by atoms with Crippen molar-refractivity contribution in [3.05, 3.63) is 34.9 Å². The molecule has 1 aromatic carbocycles. The molecule has 25 heavy (non-hydrogen) atoms. The number of hydrogen-bond acceptors (Lipinski definition) is 4. The summed E-state index contributed by atoms with van der Waals surface area (Å²) in [5.74, 6) is -0.604. The van der Waals surface area contributed by atoms with E-state index in [9.17, 15) is 13.2 Å². The van der Waals surface area contributed by atoms with Crippen molar-refractivity contribution in [3.8, 4) is 0 Å². The van der Waals surface area contributed by atoms with Gasteiger partial charge in [-0.15, -0.1) is 0 Å². The smallest absolute Gasteiger partial charge is 0.321 e. The van der Waals surface area contributed by atoms with Gasteiger partial charge < -0.3 is 4.74 Å². The van der Waals surface area contributed by atoms with Crippen molar-refractivity contribution in [2.24, 2.45) is 0 Å². The van der Waals surface area contributed by atoms with Crippen LogP contribution < -0.4 is 0 Å². The minimum absolute atomic E-state index is 0.0220. The summed E-state index contributed by atoms with van der Waals surface area (Å²) in [4.78, 5) is 11.8. The first kappa shape index (κ1) is 20.2. The van der Waals surface area contributed by atoms with Gasteiger partial charge in [0.2, 0.25) is 0 Å². The van der Waals surface area contributed by atoms with Crippen molar-refractivity contribution in [2.75, 3.05) is 20.7 Å². The van der Waals surface area contributed by atoms with Crippen LogP contribution in [0.25, 0.3) is 0 Å². The van der Waals surface area contributed by atoms with Crippen LogP contribution in [0.15, 0.2) is 24.3 Å². The van der Waals surface area contributed by atoms with Crippen molar-refractivity contribution in [3.63, 3.8) is 0 Å². The van der Waals surface area contributed by atoms with Crippen LogP contribution in [0.1, 0.15) is 37.7 Å². The number of halogens is 1. The average molecular weight is 389 g/mol. The number of ether oxygens (including phenoxy) is 1. The molecule has 0 radical (unpaired) electrons. The van der Waals surface area contributed by atoms with Crippen LogP contribution >= 0.6 is 11.6 Å². The zero-order valence-corrected chi connectivity index (χ0v) is 16.2. The summed E-state index contributed by atoms with van der Waals surface area (Å²) in [5, 5.41) is 0.466. The Bertz CT molecular complexity index is 690. The van der Waals surface area contributed by atoms with E-state index in [0.29, 0.717) is 10.6 Å². The SMILES string of the molecule is COC(=O)CN(Cc1ccccc1Cl)S(=O)(=O)N(C)C1CCCCC1. The van der Waals surface area contributed by atoms with Gasteiger partial charge in [-0.05, 0) is 24.5 Å². The van der Waals surface area contributed by atoms with Gasteiger partial charge in [0.05, 0.1) is 7.11 Å². The third kappa shape index (κ3) is 5.17. The first-order chi connectivity index (χ1) is 11.9. The summed E-state index contributed by atoms with van der Waals surface area (Å²) in [7, 11) is -0.985. The van der Waals surface area contributed by atoms with Crippen LogP contribution in [0.4, 0.5) is 0 Å².